The zero-order valence-electron chi connectivity index (χ0n) is 8.41. The Labute approximate surface area is 97.6 Å². The smallest absolute Gasteiger partial charge is 0.127 e. The monoisotopic (exact) mass is 262 g/mol. The minimum atomic E-state index is 0.885. The van der Waals surface area contributed by atoms with E-state index in [-0.39, 0.29) is 0 Å². The van der Waals surface area contributed by atoms with Crippen molar-refractivity contribution in [2.75, 3.05) is 0 Å². The molecule has 2 rings (SSSR count). The van der Waals surface area contributed by atoms with Crippen molar-refractivity contribution in [1.29, 1.82) is 0 Å². The summed E-state index contributed by atoms with van der Waals surface area (Å²) in [6.07, 6.45) is 4.00. The SMILES string of the molecule is Cc1ccc(/C=C/c2ccc(Br)cc2)o1. The Morgan fingerprint density at radius 1 is 1.00 bits per heavy atom. The largest absolute Gasteiger partial charge is 0.462 e. The van der Waals surface area contributed by atoms with Crippen molar-refractivity contribution in [3.63, 3.8) is 0 Å². The van der Waals surface area contributed by atoms with E-state index in [0.717, 1.165) is 21.6 Å². The molecular formula is C13H11BrO. The molecule has 0 N–H and O–H groups in total. The molecule has 0 aliphatic rings. The Morgan fingerprint density at radius 2 is 1.73 bits per heavy atom. The highest BCUT2D eigenvalue weighted by atomic mass is 79.9. The molecule has 1 nitrogen and oxygen atoms in total. The molecule has 1 heterocycles. The van der Waals surface area contributed by atoms with Gasteiger partial charge in [-0.2, -0.15) is 0 Å². The van der Waals surface area contributed by atoms with Crippen LogP contribution in [0.4, 0.5) is 0 Å². The second-order valence-electron chi connectivity index (χ2n) is 3.33. The Bertz CT molecular complexity index is 466. The Balaban J connectivity index is 2.14. The number of aryl methyl sites for hydroxylation is 1. The fourth-order valence-corrected chi connectivity index (χ4v) is 1.56. The van der Waals surface area contributed by atoms with Crippen molar-refractivity contribution in [2.45, 2.75) is 6.92 Å². The topological polar surface area (TPSA) is 13.1 Å². The third kappa shape index (κ3) is 2.83. The first-order valence-electron chi connectivity index (χ1n) is 4.74. The lowest BCUT2D eigenvalue weighted by atomic mass is 10.2. The van der Waals surface area contributed by atoms with Crippen molar-refractivity contribution in [3.05, 3.63) is 58.0 Å². The molecule has 1 aromatic carbocycles. The fourth-order valence-electron chi connectivity index (χ4n) is 1.30. The third-order valence-electron chi connectivity index (χ3n) is 2.07. The van der Waals surface area contributed by atoms with Gasteiger partial charge in [-0.1, -0.05) is 34.1 Å². The van der Waals surface area contributed by atoms with Crippen LogP contribution < -0.4 is 0 Å². The predicted octanol–water partition coefficient (Wildman–Crippen LogP) is 4.52. The molecule has 0 saturated carbocycles. The van der Waals surface area contributed by atoms with Gasteiger partial charge in [-0.3, -0.25) is 0 Å². The van der Waals surface area contributed by atoms with Gasteiger partial charge >= 0.3 is 0 Å². The maximum absolute atomic E-state index is 5.43. The molecule has 0 unspecified atom stereocenters. The van der Waals surface area contributed by atoms with E-state index >= 15 is 0 Å². The van der Waals surface area contributed by atoms with Crippen LogP contribution in [0.5, 0.6) is 0 Å². The first-order valence-corrected chi connectivity index (χ1v) is 5.53. The Morgan fingerprint density at radius 3 is 2.33 bits per heavy atom. The van der Waals surface area contributed by atoms with Crippen molar-refractivity contribution in [1.82, 2.24) is 0 Å². The van der Waals surface area contributed by atoms with Gasteiger partial charge in [0, 0.05) is 4.47 Å². The molecule has 0 aliphatic heterocycles. The normalized spacial score (nSPS) is 11.1. The predicted molar refractivity (Wildman–Crippen MR) is 66.5 cm³/mol. The van der Waals surface area contributed by atoms with Gasteiger partial charge in [0.15, 0.2) is 0 Å². The van der Waals surface area contributed by atoms with Crippen LogP contribution in [-0.4, -0.2) is 0 Å². The van der Waals surface area contributed by atoms with E-state index in [1.54, 1.807) is 0 Å². The van der Waals surface area contributed by atoms with Crippen molar-refractivity contribution >= 4 is 28.1 Å². The van der Waals surface area contributed by atoms with Gasteiger partial charge in [-0.25, -0.2) is 0 Å². The van der Waals surface area contributed by atoms with Crippen molar-refractivity contribution in [2.24, 2.45) is 0 Å². The zero-order chi connectivity index (χ0) is 10.7. The first-order chi connectivity index (χ1) is 7.24. The van der Waals surface area contributed by atoms with Crippen LogP contribution in [0.1, 0.15) is 17.1 Å². The van der Waals surface area contributed by atoms with Crippen LogP contribution in [0.15, 0.2) is 45.3 Å². The molecule has 0 radical (unpaired) electrons. The summed E-state index contributed by atoms with van der Waals surface area (Å²) in [5.41, 5.74) is 1.16. The molecule has 0 atom stereocenters. The van der Waals surface area contributed by atoms with E-state index in [1.807, 2.05) is 43.3 Å². The second kappa shape index (κ2) is 4.49. The molecular weight excluding hydrogens is 252 g/mol. The minimum Gasteiger partial charge on any atom is -0.462 e. The van der Waals surface area contributed by atoms with Crippen LogP contribution in [0.25, 0.3) is 12.2 Å². The van der Waals surface area contributed by atoms with Gasteiger partial charge in [0.05, 0.1) is 0 Å². The number of halogens is 1. The Kier molecular flexibility index (Phi) is 3.07. The summed E-state index contributed by atoms with van der Waals surface area (Å²) in [4.78, 5) is 0. The molecule has 0 saturated heterocycles. The molecule has 1 aromatic heterocycles. The van der Waals surface area contributed by atoms with Gasteiger partial charge in [-0.15, -0.1) is 0 Å². The van der Waals surface area contributed by atoms with Crippen molar-refractivity contribution < 1.29 is 4.42 Å². The van der Waals surface area contributed by atoms with Gasteiger partial charge in [0.1, 0.15) is 11.5 Å². The summed E-state index contributed by atoms with van der Waals surface area (Å²) in [7, 11) is 0. The van der Waals surface area contributed by atoms with Crippen LogP contribution in [-0.2, 0) is 0 Å². The molecule has 76 valence electrons. The molecule has 0 amide bonds. The number of benzene rings is 1. The number of hydrogen-bond acceptors (Lipinski definition) is 1. The average molecular weight is 263 g/mol. The lowest BCUT2D eigenvalue weighted by Crippen LogP contribution is -1.70. The van der Waals surface area contributed by atoms with E-state index in [2.05, 4.69) is 28.1 Å². The maximum Gasteiger partial charge on any atom is 0.127 e. The molecule has 0 fully saturated rings. The average Bonchev–Trinajstić information content (AvgIpc) is 2.64. The quantitative estimate of drug-likeness (QED) is 0.776. The summed E-state index contributed by atoms with van der Waals surface area (Å²) in [6, 6.07) is 12.1. The van der Waals surface area contributed by atoms with Crippen LogP contribution in [0.3, 0.4) is 0 Å². The standard InChI is InChI=1S/C13H11BrO/c1-10-2-8-13(15-10)9-5-11-3-6-12(14)7-4-11/h2-9H,1H3/b9-5+. The summed E-state index contributed by atoms with van der Waals surface area (Å²) in [5, 5.41) is 0. The lowest BCUT2D eigenvalue weighted by Gasteiger charge is -1.92. The lowest BCUT2D eigenvalue weighted by molar-refractivity contribution is 0.525. The molecule has 0 aliphatic carbocycles. The van der Waals surface area contributed by atoms with E-state index in [4.69, 9.17) is 4.42 Å². The van der Waals surface area contributed by atoms with Crippen LogP contribution in [0, 0.1) is 6.92 Å². The van der Waals surface area contributed by atoms with E-state index in [0.29, 0.717) is 0 Å². The third-order valence-corrected chi connectivity index (χ3v) is 2.60. The van der Waals surface area contributed by atoms with Crippen LogP contribution in [0.2, 0.25) is 0 Å². The molecule has 2 aromatic rings. The Hall–Kier alpha value is -1.28. The molecule has 15 heavy (non-hydrogen) atoms. The first kappa shape index (κ1) is 10.2. The zero-order valence-corrected chi connectivity index (χ0v) is 9.99. The van der Waals surface area contributed by atoms with E-state index in [9.17, 15) is 0 Å². The van der Waals surface area contributed by atoms with Gasteiger partial charge < -0.3 is 4.42 Å². The molecule has 2 heteroatoms. The number of rotatable bonds is 2. The minimum absolute atomic E-state index is 0.885. The maximum atomic E-state index is 5.43. The fraction of sp³-hybridized carbons (Fsp3) is 0.0769. The van der Waals surface area contributed by atoms with Gasteiger partial charge in [0.2, 0.25) is 0 Å². The summed E-state index contributed by atoms with van der Waals surface area (Å²) in [6.45, 7) is 1.94. The molecule has 0 bridgehead atoms. The number of furan rings is 1. The highest BCUT2D eigenvalue weighted by Gasteiger charge is 1.92. The van der Waals surface area contributed by atoms with E-state index < -0.39 is 0 Å². The summed E-state index contributed by atoms with van der Waals surface area (Å²) < 4.78 is 6.52. The van der Waals surface area contributed by atoms with Gasteiger partial charge in [-0.05, 0) is 42.8 Å². The van der Waals surface area contributed by atoms with Crippen molar-refractivity contribution in [3.8, 4) is 0 Å². The highest BCUT2D eigenvalue weighted by Crippen LogP contribution is 2.14. The second-order valence-corrected chi connectivity index (χ2v) is 4.25. The highest BCUT2D eigenvalue weighted by molar-refractivity contribution is 9.10. The summed E-state index contributed by atoms with van der Waals surface area (Å²) in [5.74, 6) is 1.82. The summed E-state index contributed by atoms with van der Waals surface area (Å²) >= 11 is 3.40. The molecule has 0 spiro atoms. The van der Waals surface area contributed by atoms with Gasteiger partial charge in [0.25, 0.3) is 0 Å². The number of hydrogen-bond donors (Lipinski definition) is 0. The van der Waals surface area contributed by atoms with E-state index in [1.165, 1.54) is 0 Å². The van der Waals surface area contributed by atoms with Crippen LogP contribution >= 0.6 is 15.9 Å².